The van der Waals surface area contributed by atoms with Crippen molar-refractivity contribution in [1.82, 2.24) is 10.3 Å². The Bertz CT molecular complexity index is 339. The number of nitrogens with one attached hydrogen (secondary N) is 1. The number of nitrogens with zero attached hydrogens (tertiary/aromatic N) is 1. The van der Waals surface area contributed by atoms with Crippen molar-refractivity contribution >= 4 is 23.1 Å². The number of fused-ring (bicyclic) bond motifs is 1. The van der Waals surface area contributed by atoms with Crippen molar-refractivity contribution in [3.8, 4) is 0 Å². The molecular weight excluding hydrogens is 248 g/mol. The quantitative estimate of drug-likeness (QED) is 0.857. The highest BCUT2D eigenvalue weighted by Crippen LogP contribution is 2.32. The van der Waals surface area contributed by atoms with Gasteiger partial charge in [0.1, 0.15) is 5.01 Å². The van der Waals surface area contributed by atoms with Crippen molar-refractivity contribution < 1.29 is 0 Å². The van der Waals surface area contributed by atoms with Crippen LogP contribution in [-0.4, -0.2) is 23.0 Å². The van der Waals surface area contributed by atoms with Gasteiger partial charge in [0.2, 0.25) is 0 Å². The summed E-state index contributed by atoms with van der Waals surface area (Å²) in [5, 5.41) is 4.97. The number of aromatic nitrogens is 1. The summed E-state index contributed by atoms with van der Waals surface area (Å²) in [4.78, 5) is 6.39. The van der Waals surface area contributed by atoms with Crippen LogP contribution in [0.2, 0.25) is 0 Å². The molecule has 1 heterocycles. The van der Waals surface area contributed by atoms with Crippen LogP contribution in [0.5, 0.6) is 0 Å². The molecule has 1 aromatic heterocycles. The molecular formula is C13H22N2S2. The van der Waals surface area contributed by atoms with E-state index in [1.165, 1.54) is 42.1 Å². The van der Waals surface area contributed by atoms with E-state index in [0.29, 0.717) is 12.1 Å². The molecule has 0 aliphatic heterocycles. The van der Waals surface area contributed by atoms with Gasteiger partial charge in [0.05, 0.1) is 11.7 Å². The first-order valence-electron chi connectivity index (χ1n) is 6.44. The van der Waals surface area contributed by atoms with E-state index in [4.69, 9.17) is 4.98 Å². The molecule has 17 heavy (non-hydrogen) atoms. The minimum absolute atomic E-state index is 0.457. The minimum atomic E-state index is 0.457. The number of hydrogen-bond acceptors (Lipinski definition) is 4. The monoisotopic (exact) mass is 270 g/mol. The van der Waals surface area contributed by atoms with Crippen molar-refractivity contribution in [2.45, 2.75) is 51.6 Å². The zero-order chi connectivity index (χ0) is 12.3. The molecule has 96 valence electrons. The molecule has 0 bridgehead atoms. The van der Waals surface area contributed by atoms with Crippen molar-refractivity contribution in [2.24, 2.45) is 0 Å². The Balaban J connectivity index is 2.07. The van der Waals surface area contributed by atoms with Crippen LogP contribution in [0.15, 0.2) is 0 Å². The summed E-state index contributed by atoms with van der Waals surface area (Å²) < 4.78 is 0. The molecule has 0 saturated heterocycles. The van der Waals surface area contributed by atoms with Gasteiger partial charge in [-0.1, -0.05) is 13.8 Å². The summed E-state index contributed by atoms with van der Waals surface area (Å²) in [6.45, 7) is 4.43. The Morgan fingerprint density at radius 3 is 2.88 bits per heavy atom. The zero-order valence-electron chi connectivity index (χ0n) is 11.0. The first-order valence-corrected chi connectivity index (χ1v) is 8.65. The van der Waals surface area contributed by atoms with E-state index in [9.17, 15) is 0 Å². The van der Waals surface area contributed by atoms with E-state index in [1.54, 1.807) is 4.88 Å². The molecule has 1 atom stereocenters. The van der Waals surface area contributed by atoms with Gasteiger partial charge in [-0.3, -0.25) is 0 Å². The molecule has 0 fully saturated rings. The highest BCUT2D eigenvalue weighted by atomic mass is 32.2. The third-order valence-electron chi connectivity index (χ3n) is 3.06. The summed E-state index contributed by atoms with van der Waals surface area (Å²) in [5.74, 6) is 1.20. The SMILES string of the molecule is CSCCC(NC(C)C)c1nc2c(s1)CCC2. The number of aryl methyl sites for hydroxylation is 2. The number of rotatable bonds is 6. The average molecular weight is 270 g/mol. The zero-order valence-corrected chi connectivity index (χ0v) is 12.6. The summed E-state index contributed by atoms with van der Waals surface area (Å²) in [5.41, 5.74) is 1.38. The Kier molecular flexibility index (Phi) is 4.88. The smallest absolute Gasteiger partial charge is 0.110 e. The second kappa shape index (κ2) is 6.21. The van der Waals surface area contributed by atoms with Gasteiger partial charge in [0, 0.05) is 10.9 Å². The molecule has 2 rings (SSSR count). The highest BCUT2D eigenvalue weighted by molar-refractivity contribution is 7.98. The Morgan fingerprint density at radius 2 is 2.24 bits per heavy atom. The van der Waals surface area contributed by atoms with Gasteiger partial charge >= 0.3 is 0 Å². The van der Waals surface area contributed by atoms with Crippen LogP contribution < -0.4 is 5.32 Å². The third-order valence-corrected chi connectivity index (χ3v) is 4.97. The summed E-state index contributed by atoms with van der Waals surface area (Å²) in [7, 11) is 0. The Hall–Kier alpha value is -0.0600. The lowest BCUT2D eigenvalue weighted by atomic mass is 10.2. The number of thioether (sulfide) groups is 1. The summed E-state index contributed by atoms with van der Waals surface area (Å²) in [6.07, 6.45) is 7.12. The predicted molar refractivity (Wildman–Crippen MR) is 78.2 cm³/mol. The highest BCUT2D eigenvalue weighted by Gasteiger charge is 2.22. The molecule has 1 unspecified atom stereocenters. The Morgan fingerprint density at radius 1 is 1.41 bits per heavy atom. The normalized spacial score (nSPS) is 16.5. The van der Waals surface area contributed by atoms with E-state index < -0.39 is 0 Å². The van der Waals surface area contributed by atoms with Gasteiger partial charge in [-0.2, -0.15) is 11.8 Å². The van der Waals surface area contributed by atoms with Crippen LogP contribution in [0.25, 0.3) is 0 Å². The molecule has 1 aliphatic carbocycles. The third kappa shape index (κ3) is 3.46. The molecule has 0 saturated carbocycles. The van der Waals surface area contributed by atoms with Crippen LogP contribution >= 0.6 is 23.1 Å². The summed E-state index contributed by atoms with van der Waals surface area (Å²) >= 11 is 3.86. The molecule has 2 nitrogen and oxygen atoms in total. The fourth-order valence-corrected chi connectivity index (χ4v) is 4.00. The fourth-order valence-electron chi connectivity index (χ4n) is 2.28. The molecule has 0 radical (unpaired) electrons. The minimum Gasteiger partial charge on any atom is -0.306 e. The van der Waals surface area contributed by atoms with Crippen LogP contribution in [0.4, 0.5) is 0 Å². The van der Waals surface area contributed by atoms with Crippen LogP contribution in [0.1, 0.15) is 48.3 Å². The second-order valence-corrected chi connectivity index (χ2v) is 7.03. The van der Waals surface area contributed by atoms with Gasteiger partial charge in [0.25, 0.3) is 0 Å². The van der Waals surface area contributed by atoms with Gasteiger partial charge < -0.3 is 5.32 Å². The maximum absolute atomic E-state index is 4.84. The first kappa shape index (κ1) is 13.4. The van der Waals surface area contributed by atoms with Crippen LogP contribution in [0.3, 0.4) is 0 Å². The molecule has 1 aliphatic rings. The molecule has 0 aromatic carbocycles. The molecule has 0 amide bonds. The van der Waals surface area contributed by atoms with Gasteiger partial charge in [-0.25, -0.2) is 4.98 Å². The lowest BCUT2D eigenvalue weighted by Gasteiger charge is -2.18. The van der Waals surface area contributed by atoms with E-state index in [-0.39, 0.29) is 0 Å². The maximum Gasteiger partial charge on any atom is 0.110 e. The largest absolute Gasteiger partial charge is 0.306 e. The topological polar surface area (TPSA) is 24.9 Å². The lowest BCUT2D eigenvalue weighted by Crippen LogP contribution is -2.28. The summed E-state index contributed by atoms with van der Waals surface area (Å²) in [6, 6.07) is 0.985. The lowest BCUT2D eigenvalue weighted by molar-refractivity contribution is 0.466. The molecule has 1 N–H and O–H groups in total. The van der Waals surface area contributed by atoms with Gasteiger partial charge in [-0.15, -0.1) is 11.3 Å². The molecule has 1 aromatic rings. The standard InChI is InChI=1S/C13H22N2S2/c1-9(2)14-11(7-8-16-3)13-15-10-5-4-6-12(10)17-13/h9,11,14H,4-8H2,1-3H3. The Labute approximate surface area is 113 Å². The maximum atomic E-state index is 4.84. The van der Waals surface area contributed by atoms with Gasteiger partial charge in [0.15, 0.2) is 0 Å². The molecule has 0 spiro atoms. The second-order valence-electron chi connectivity index (χ2n) is 4.93. The van der Waals surface area contributed by atoms with E-state index in [1.807, 2.05) is 23.1 Å². The van der Waals surface area contributed by atoms with Crippen LogP contribution in [0, 0.1) is 0 Å². The van der Waals surface area contributed by atoms with E-state index in [2.05, 4.69) is 25.4 Å². The van der Waals surface area contributed by atoms with Gasteiger partial charge in [-0.05, 0) is 37.7 Å². The van der Waals surface area contributed by atoms with Crippen molar-refractivity contribution in [2.75, 3.05) is 12.0 Å². The van der Waals surface area contributed by atoms with Crippen molar-refractivity contribution in [1.29, 1.82) is 0 Å². The average Bonchev–Trinajstić information content (AvgIpc) is 2.83. The van der Waals surface area contributed by atoms with E-state index in [0.717, 1.165) is 0 Å². The first-order chi connectivity index (χ1) is 8.20. The van der Waals surface area contributed by atoms with Crippen LogP contribution in [-0.2, 0) is 12.8 Å². The van der Waals surface area contributed by atoms with Crippen molar-refractivity contribution in [3.63, 3.8) is 0 Å². The fraction of sp³-hybridized carbons (Fsp3) is 0.769. The van der Waals surface area contributed by atoms with E-state index >= 15 is 0 Å². The predicted octanol–water partition coefficient (Wildman–Crippen LogP) is 3.42. The molecule has 4 heteroatoms. The number of thiazole rings is 1. The van der Waals surface area contributed by atoms with Crippen molar-refractivity contribution in [3.05, 3.63) is 15.6 Å². The number of hydrogen-bond donors (Lipinski definition) is 1.